The third-order valence-electron chi connectivity index (χ3n) is 2.50. The Morgan fingerprint density at radius 2 is 1.62 bits per heavy atom. The van der Waals surface area contributed by atoms with Gasteiger partial charge in [0, 0.05) is 11.8 Å². The summed E-state index contributed by atoms with van der Waals surface area (Å²) >= 11 is 0. The average Bonchev–Trinajstić information content (AvgIpc) is 2.24. The Kier molecular flexibility index (Phi) is 6.58. The van der Waals surface area contributed by atoms with Gasteiger partial charge in [-0.05, 0) is 26.0 Å². The first-order chi connectivity index (χ1) is 7.40. The van der Waals surface area contributed by atoms with E-state index in [-0.39, 0.29) is 17.5 Å². The van der Waals surface area contributed by atoms with Crippen molar-refractivity contribution in [3.8, 4) is 0 Å². The van der Waals surface area contributed by atoms with E-state index in [1.54, 1.807) is 39.8 Å². The van der Waals surface area contributed by atoms with E-state index in [0.717, 1.165) is 0 Å². The normalized spacial score (nSPS) is 17.6. The summed E-state index contributed by atoms with van der Waals surface area (Å²) in [7, 11) is 0. The van der Waals surface area contributed by atoms with Crippen LogP contribution in [-0.2, 0) is 9.59 Å². The van der Waals surface area contributed by atoms with Crippen molar-refractivity contribution in [2.45, 2.75) is 33.8 Å². The minimum atomic E-state index is -0.668. The molecule has 0 saturated carbocycles. The van der Waals surface area contributed by atoms with Gasteiger partial charge in [-0.3, -0.25) is 9.59 Å². The van der Waals surface area contributed by atoms with Crippen molar-refractivity contribution in [3.63, 3.8) is 0 Å². The van der Waals surface area contributed by atoms with Gasteiger partial charge in [0.05, 0.1) is 6.10 Å². The molecule has 0 radical (unpaired) electrons. The molecule has 0 aromatic heterocycles. The van der Waals surface area contributed by atoms with Gasteiger partial charge in [0.25, 0.3) is 0 Å². The maximum Gasteiger partial charge on any atom is 0.161 e. The van der Waals surface area contributed by atoms with E-state index in [2.05, 4.69) is 0 Å². The van der Waals surface area contributed by atoms with Gasteiger partial charge >= 0.3 is 0 Å². The molecule has 90 valence electrons. The molecule has 0 spiro atoms. The smallest absolute Gasteiger partial charge is 0.161 e. The lowest BCUT2D eigenvalue weighted by Gasteiger charge is -2.10. The molecule has 0 rings (SSSR count). The van der Waals surface area contributed by atoms with Crippen molar-refractivity contribution in [3.05, 3.63) is 24.3 Å². The van der Waals surface area contributed by atoms with Crippen molar-refractivity contribution >= 4 is 11.6 Å². The molecule has 0 bridgehead atoms. The largest absolute Gasteiger partial charge is 0.393 e. The SMILES string of the molecule is C/C=C/C(=O)C(C)/C=C/C(=O)C(C)C(C)O. The third-order valence-corrected chi connectivity index (χ3v) is 2.50. The first kappa shape index (κ1) is 14.8. The van der Waals surface area contributed by atoms with Crippen LogP contribution in [0.25, 0.3) is 0 Å². The van der Waals surface area contributed by atoms with Crippen molar-refractivity contribution in [2.75, 3.05) is 0 Å². The number of hydrogen-bond acceptors (Lipinski definition) is 3. The molecule has 0 aromatic carbocycles. The maximum atomic E-state index is 11.5. The van der Waals surface area contributed by atoms with E-state index in [9.17, 15) is 14.7 Å². The van der Waals surface area contributed by atoms with E-state index in [1.807, 2.05) is 0 Å². The van der Waals surface area contributed by atoms with Gasteiger partial charge in [-0.2, -0.15) is 0 Å². The van der Waals surface area contributed by atoms with Crippen LogP contribution in [0.3, 0.4) is 0 Å². The van der Waals surface area contributed by atoms with E-state index < -0.39 is 12.0 Å². The van der Waals surface area contributed by atoms with E-state index >= 15 is 0 Å². The van der Waals surface area contributed by atoms with E-state index in [1.165, 1.54) is 12.2 Å². The van der Waals surface area contributed by atoms with Crippen molar-refractivity contribution < 1.29 is 14.7 Å². The molecule has 0 aliphatic carbocycles. The van der Waals surface area contributed by atoms with Gasteiger partial charge < -0.3 is 5.11 Å². The predicted molar refractivity (Wildman–Crippen MR) is 64.0 cm³/mol. The van der Waals surface area contributed by atoms with Crippen molar-refractivity contribution in [1.29, 1.82) is 0 Å². The molecule has 0 saturated heterocycles. The van der Waals surface area contributed by atoms with Gasteiger partial charge in [0.15, 0.2) is 11.6 Å². The number of carbonyl (C=O) groups excluding carboxylic acids is 2. The highest BCUT2D eigenvalue weighted by Crippen LogP contribution is 2.07. The third kappa shape index (κ3) is 5.03. The Bertz CT molecular complexity index is 300. The zero-order valence-corrected chi connectivity index (χ0v) is 10.3. The minimum Gasteiger partial charge on any atom is -0.393 e. The molecule has 0 amide bonds. The van der Waals surface area contributed by atoms with Gasteiger partial charge in [0.1, 0.15) is 0 Å². The van der Waals surface area contributed by atoms with Crippen LogP contribution in [0.1, 0.15) is 27.7 Å². The first-order valence-electron chi connectivity index (χ1n) is 5.46. The fourth-order valence-corrected chi connectivity index (χ4v) is 1.04. The lowest BCUT2D eigenvalue weighted by atomic mass is 9.98. The zero-order chi connectivity index (χ0) is 12.7. The Labute approximate surface area is 96.9 Å². The lowest BCUT2D eigenvalue weighted by molar-refractivity contribution is -0.120. The van der Waals surface area contributed by atoms with E-state index in [4.69, 9.17) is 0 Å². The molecule has 0 heterocycles. The fraction of sp³-hybridized carbons (Fsp3) is 0.538. The summed E-state index contributed by atoms with van der Waals surface area (Å²) in [5.41, 5.74) is 0. The second-order valence-corrected chi connectivity index (χ2v) is 3.98. The fourth-order valence-electron chi connectivity index (χ4n) is 1.04. The average molecular weight is 224 g/mol. The molecule has 16 heavy (non-hydrogen) atoms. The second kappa shape index (κ2) is 7.12. The van der Waals surface area contributed by atoms with Crippen LogP contribution < -0.4 is 0 Å². The predicted octanol–water partition coefficient (Wildman–Crippen LogP) is 1.91. The Morgan fingerprint density at radius 3 is 2.06 bits per heavy atom. The summed E-state index contributed by atoms with van der Waals surface area (Å²) in [5.74, 6) is -0.923. The summed E-state index contributed by atoms with van der Waals surface area (Å²) in [6.07, 6.45) is 5.44. The number of allylic oxidation sites excluding steroid dienone is 4. The number of aliphatic hydroxyl groups is 1. The molecule has 3 heteroatoms. The molecule has 0 aromatic rings. The number of aliphatic hydroxyl groups excluding tert-OH is 1. The first-order valence-corrected chi connectivity index (χ1v) is 5.46. The number of hydrogen-bond donors (Lipinski definition) is 1. The van der Waals surface area contributed by atoms with Gasteiger partial charge in [-0.15, -0.1) is 0 Å². The highest BCUT2D eigenvalue weighted by Gasteiger charge is 2.15. The monoisotopic (exact) mass is 224 g/mol. The number of carbonyl (C=O) groups is 2. The Morgan fingerprint density at radius 1 is 1.06 bits per heavy atom. The van der Waals surface area contributed by atoms with Gasteiger partial charge in [0.2, 0.25) is 0 Å². The number of rotatable bonds is 6. The molecule has 3 unspecified atom stereocenters. The molecular weight excluding hydrogens is 204 g/mol. The zero-order valence-electron chi connectivity index (χ0n) is 10.3. The van der Waals surface area contributed by atoms with Crippen LogP contribution in [0, 0.1) is 11.8 Å². The lowest BCUT2D eigenvalue weighted by Crippen LogP contribution is -2.21. The van der Waals surface area contributed by atoms with Crippen molar-refractivity contribution in [1.82, 2.24) is 0 Å². The van der Waals surface area contributed by atoms with Gasteiger partial charge in [-0.1, -0.05) is 26.0 Å². The molecule has 1 N–H and O–H groups in total. The highest BCUT2D eigenvalue weighted by atomic mass is 16.3. The molecular formula is C13H20O3. The molecule has 0 fully saturated rings. The van der Waals surface area contributed by atoms with Gasteiger partial charge in [-0.25, -0.2) is 0 Å². The van der Waals surface area contributed by atoms with Crippen LogP contribution in [0.2, 0.25) is 0 Å². The summed E-state index contributed by atoms with van der Waals surface area (Å²) in [6, 6.07) is 0. The summed E-state index contributed by atoms with van der Waals surface area (Å²) in [5, 5.41) is 9.22. The standard InChI is InChI=1S/C13H20O3/c1-5-6-12(15)9(2)7-8-13(16)10(3)11(4)14/h5-11,14H,1-4H3/b6-5+,8-7+. The summed E-state index contributed by atoms with van der Waals surface area (Å²) in [4.78, 5) is 22.9. The highest BCUT2D eigenvalue weighted by molar-refractivity contribution is 5.95. The van der Waals surface area contributed by atoms with Crippen LogP contribution >= 0.6 is 0 Å². The molecule has 3 nitrogen and oxygen atoms in total. The Balaban J connectivity index is 4.38. The maximum absolute atomic E-state index is 11.5. The van der Waals surface area contributed by atoms with Crippen LogP contribution in [0.15, 0.2) is 24.3 Å². The van der Waals surface area contributed by atoms with Crippen LogP contribution in [-0.4, -0.2) is 22.8 Å². The molecule has 0 aliphatic heterocycles. The molecule has 0 aliphatic rings. The van der Waals surface area contributed by atoms with Crippen LogP contribution in [0.5, 0.6) is 0 Å². The quantitative estimate of drug-likeness (QED) is 0.701. The summed E-state index contributed by atoms with van der Waals surface area (Å²) in [6.45, 7) is 6.74. The summed E-state index contributed by atoms with van der Waals surface area (Å²) < 4.78 is 0. The number of ketones is 2. The minimum absolute atomic E-state index is 0.0312. The van der Waals surface area contributed by atoms with E-state index in [0.29, 0.717) is 0 Å². The topological polar surface area (TPSA) is 54.4 Å². The Hall–Kier alpha value is -1.22. The van der Waals surface area contributed by atoms with Crippen molar-refractivity contribution in [2.24, 2.45) is 11.8 Å². The second-order valence-electron chi connectivity index (χ2n) is 3.98. The molecule has 3 atom stereocenters. The van der Waals surface area contributed by atoms with Crippen LogP contribution in [0.4, 0.5) is 0 Å².